The van der Waals surface area contributed by atoms with Gasteiger partial charge in [-0.15, -0.1) is 0 Å². The first-order valence-electron chi connectivity index (χ1n) is 9.02. The van der Waals surface area contributed by atoms with Gasteiger partial charge >= 0.3 is 23.9 Å². The summed E-state index contributed by atoms with van der Waals surface area (Å²) in [6, 6.07) is 0. The number of carbonyl (C=O) groups is 4. The van der Waals surface area contributed by atoms with Crippen LogP contribution in [0.15, 0.2) is 0 Å². The average molecular weight is 386 g/mol. The van der Waals surface area contributed by atoms with Gasteiger partial charge in [0.2, 0.25) is 0 Å². The Morgan fingerprint density at radius 2 is 0.926 bits per heavy atom. The zero-order valence-electron chi connectivity index (χ0n) is 15.6. The highest BCUT2D eigenvalue weighted by Gasteiger charge is 2.41. The van der Waals surface area contributed by atoms with Gasteiger partial charge in [0.1, 0.15) is 13.2 Å². The monoisotopic (exact) mass is 386 g/mol. The van der Waals surface area contributed by atoms with Crippen LogP contribution in [-0.4, -0.2) is 64.5 Å². The summed E-state index contributed by atoms with van der Waals surface area (Å²) in [5.74, 6) is -2.20. The van der Waals surface area contributed by atoms with Gasteiger partial charge in [-0.05, 0) is 25.7 Å². The zero-order chi connectivity index (χ0) is 19.8. The van der Waals surface area contributed by atoms with Crippen molar-refractivity contribution in [3.63, 3.8) is 0 Å². The molecule has 27 heavy (non-hydrogen) atoms. The van der Waals surface area contributed by atoms with E-state index in [0.29, 0.717) is 25.7 Å². The first-order valence-corrected chi connectivity index (χ1v) is 9.02. The molecule has 2 fully saturated rings. The molecule has 0 unspecified atom stereocenters. The maximum atomic E-state index is 11.7. The van der Waals surface area contributed by atoms with Crippen LogP contribution >= 0.6 is 0 Å². The highest BCUT2D eigenvalue weighted by atomic mass is 16.6. The fourth-order valence-corrected chi connectivity index (χ4v) is 3.08. The molecule has 0 heterocycles. The van der Waals surface area contributed by atoms with Crippen LogP contribution in [0.1, 0.15) is 25.7 Å². The Bertz CT molecular complexity index is 499. The van der Waals surface area contributed by atoms with Crippen LogP contribution in [0.3, 0.4) is 0 Å². The molecule has 152 valence electrons. The molecule has 2 saturated carbocycles. The van der Waals surface area contributed by atoms with E-state index in [1.54, 1.807) is 0 Å². The molecule has 2 aliphatic rings. The summed E-state index contributed by atoms with van der Waals surface area (Å²) in [5.41, 5.74) is 0. The average Bonchev–Trinajstić information content (AvgIpc) is 2.57. The maximum absolute atomic E-state index is 11.7. The molecular weight excluding hydrogens is 360 g/mol. The fraction of sp³-hybridized carbons (Fsp3) is 0.778. The van der Waals surface area contributed by atoms with Crippen LogP contribution in [0.2, 0.25) is 0 Å². The highest BCUT2D eigenvalue weighted by Crippen LogP contribution is 2.36. The number of hydrogen-bond donors (Lipinski definition) is 0. The Labute approximate surface area is 157 Å². The number of carbonyl (C=O) groups excluding carboxylic acids is 4. The van der Waals surface area contributed by atoms with Crippen molar-refractivity contribution in [1.82, 2.24) is 0 Å². The second-order valence-corrected chi connectivity index (χ2v) is 6.72. The van der Waals surface area contributed by atoms with E-state index in [0.717, 1.165) is 0 Å². The lowest BCUT2D eigenvalue weighted by Crippen LogP contribution is -2.37. The normalized spacial score (nSPS) is 26.1. The Balaban J connectivity index is 1.42. The van der Waals surface area contributed by atoms with Gasteiger partial charge in [-0.1, -0.05) is 0 Å². The largest absolute Gasteiger partial charge is 0.469 e. The summed E-state index contributed by atoms with van der Waals surface area (Å²) in [4.78, 5) is 46.0. The van der Waals surface area contributed by atoms with Crippen LogP contribution in [0, 0.1) is 23.7 Å². The Morgan fingerprint density at radius 1 is 0.593 bits per heavy atom. The van der Waals surface area contributed by atoms with Crippen LogP contribution in [0.4, 0.5) is 0 Å². The third kappa shape index (κ3) is 5.92. The molecule has 9 nitrogen and oxygen atoms in total. The van der Waals surface area contributed by atoms with Crippen molar-refractivity contribution in [3.05, 3.63) is 0 Å². The lowest BCUT2D eigenvalue weighted by atomic mass is 9.75. The van der Waals surface area contributed by atoms with Crippen molar-refractivity contribution < 1.29 is 42.9 Å². The number of hydrogen-bond acceptors (Lipinski definition) is 9. The van der Waals surface area contributed by atoms with E-state index < -0.39 is 0 Å². The van der Waals surface area contributed by atoms with Crippen molar-refractivity contribution in [2.24, 2.45) is 23.7 Å². The molecule has 0 amide bonds. The first-order chi connectivity index (χ1) is 13.0. The highest BCUT2D eigenvalue weighted by molar-refractivity contribution is 5.80. The molecule has 0 radical (unpaired) electrons. The number of rotatable bonds is 10. The van der Waals surface area contributed by atoms with E-state index in [1.165, 1.54) is 14.2 Å². The van der Waals surface area contributed by atoms with Gasteiger partial charge in [0.05, 0.1) is 51.1 Å². The van der Waals surface area contributed by atoms with Gasteiger partial charge in [0.25, 0.3) is 0 Å². The molecule has 9 heteroatoms. The van der Waals surface area contributed by atoms with Crippen molar-refractivity contribution in [2.45, 2.75) is 25.7 Å². The van der Waals surface area contributed by atoms with E-state index in [2.05, 4.69) is 9.47 Å². The lowest BCUT2D eigenvalue weighted by molar-refractivity contribution is -0.161. The van der Waals surface area contributed by atoms with Crippen LogP contribution < -0.4 is 0 Å². The molecule has 0 bridgehead atoms. The third-order valence-electron chi connectivity index (χ3n) is 4.96. The molecular formula is C18H26O9. The smallest absolute Gasteiger partial charge is 0.309 e. The molecule has 2 rings (SSSR count). The second-order valence-electron chi connectivity index (χ2n) is 6.72. The minimum Gasteiger partial charge on any atom is -0.469 e. The van der Waals surface area contributed by atoms with Crippen molar-refractivity contribution in [2.75, 3.05) is 40.6 Å². The van der Waals surface area contributed by atoms with E-state index >= 15 is 0 Å². The third-order valence-corrected chi connectivity index (χ3v) is 4.96. The lowest BCUT2D eigenvalue weighted by Gasteiger charge is -2.31. The van der Waals surface area contributed by atoms with Crippen LogP contribution in [0.25, 0.3) is 0 Å². The summed E-state index contributed by atoms with van der Waals surface area (Å²) >= 11 is 0. The van der Waals surface area contributed by atoms with Crippen LogP contribution in [-0.2, 0) is 42.9 Å². The molecule has 0 atom stereocenters. The van der Waals surface area contributed by atoms with Gasteiger partial charge < -0.3 is 23.7 Å². The minimum atomic E-state index is -0.338. The second kappa shape index (κ2) is 10.2. The summed E-state index contributed by atoms with van der Waals surface area (Å²) in [6.45, 7) is 0.611. The molecule has 0 aliphatic heterocycles. The van der Waals surface area contributed by atoms with Gasteiger partial charge in [-0.25, -0.2) is 0 Å². The van der Waals surface area contributed by atoms with E-state index in [9.17, 15) is 19.2 Å². The van der Waals surface area contributed by atoms with E-state index in [-0.39, 0.29) is 74.0 Å². The first kappa shape index (κ1) is 21.1. The maximum Gasteiger partial charge on any atom is 0.309 e. The standard InChI is InChI=1S/C18H26O9/c1-23-15(19)11-7-13(8-11)17(21)26-5-3-25-4-6-27-18(22)14-9-12(10-14)16(20)24-2/h11-14H,3-10H2,1-2H3/t11-,12-,13-,14-. The van der Waals surface area contributed by atoms with E-state index in [4.69, 9.17) is 14.2 Å². The quantitative estimate of drug-likeness (QED) is 0.300. The summed E-state index contributed by atoms with van der Waals surface area (Å²) in [6.07, 6.45) is 1.83. The fourth-order valence-electron chi connectivity index (χ4n) is 3.08. The van der Waals surface area contributed by atoms with E-state index in [1.807, 2.05) is 0 Å². The summed E-state index contributed by atoms with van der Waals surface area (Å²) in [5, 5.41) is 0. The molecule has 0 aromatic rings. The minimum absolute atomic E-state index is 0.107. The summed E-state index contributed by atoms with van der Waals surface area (Å²) in [7, 11) is 2.65. The number of esters is 4. The van der Waals surface area contributed by atoms with Crippen molar-refractivity contribution in [1.29, 1.82) is 0 Å². The summed E-state index contributed by atoms with van der Waals surface area (Å²) < 4.78 is 24.6. The van der Waals surface area contributed by atoms with Crippen molar-refractivity contribution in [3.8, 4) is 0 Å². The Kier molecular flexibility index (Phi) is 8.02. The predicted octanol–water partition coefficient (Wildman–Crippen LogP) is 0.488. The van der Waals surface area contributed by atoms with Gasteiger partial charge in [-0.3, -0.25) is 19.2 Å². The van der Waals surface area contributed by atoms with Crippen LogP contribution in [0.5, 0.6) is 0 Å². The van der Waals surface area contributed by atoms with Gasteiger partial charge in [-0.2, -0.15) is 0 Å². The van der Waals surface area contributed by atoms with Crippen molar-refractivity contribution >= 4 is 23.9 Å². The SMILES string of the molecule is COC(=O)[C@H]1C[C@H](C(=O)OCCOCCOC(=O)[C@H]2C[C@H](C(=O)OC)C2)C1. The number of ether oxygens (including phenoxy) is 5. The molecule has 0 saturated heterocycles. The topological polar surface area (TPSA) is 114 Å². The Morgan fingerprint density at radius 3 is 1.26 bits per heavy atom. The Hall–Kier alpha value is -2.16. The molecule has 0 aromatic carbocycles. The van der Waals surface area contributed by atoms with Gasteiger partial charge in [0, 0.05) is 0 Å². The zero-order valence-corrected chi connectivity index (χ0v) is 15.6. The number of methoxy groups -OCH3 is 2. The molecule has 0 N–H and O–H groups in total. The molecule has 2 aliphatic carbocycles. The molecule has 0 aromatic heterocycles. The predicted molar refractivity (Wildman–Crippen MR) is 89.2 cm³/mol. The van der Waals surface area contributed by atoms with Gasteiger partial charge in [0.15, 0.2) is 0 Å². The molecule has 0 spiro atoms.